The summed E-state index contributed by atoms with van der Waals surface area (Å²) in [5.74, 6) is 0. The van der Waals surface area contributed by atoms with Crippen molar-refractivity contribution < 1.29 is 0 Å². The second-order valence-electron chi connectivity index (χ2n) is 3.04. The average Bonchev–Trinajstić information content (AvgIpc) is 2.60. The Morgan fingerprint density at radius 1 is 1.46 bits per heavy atom. The topological polar surface area (TPSA) is 43.8 Å². The van der Waals surface area contributed by atoms with Gasteiger partial charge in [0.05, 0.1) is 17.6 Å². The second-order valence-corrected chi connectivity index (χ2v) is 3.78. The molecule has 0 atom stereocenters. The number of aromatic nitrogens is 2. The number of rotatable bonds is 1. The van der Waals surface area contributed by atoms with E-state index in [1.165, 1.54) is 0 Å². The van der Waals surface area contributed by atoms with E-state index in [0.29, 0.717) is 0 Å². The molecule has 0 aromatic carbocycles. The SMILES string of the molecule is Cc1cnn(C)c1-c1cscc1N. The molecule has 0 aliphatic carbocycles. The van der Waals surface area contributed by atoms with Gasteiger partial charge in [-0.05, 0) is 12.5 Å². The fourth-order valence-corrected chi connectivity index (χ4v) is 2.16. The highest BCUT2D eigenvalue weighted by Crippen LogP contribution is 2.30. The van der Waals surface area contributed by atoms with E-state index in [4.69, 9.17) is 5.73 Å². The predicted molar refractivity (Wildman–Crippen MR) is 55.7 cm³/mol. The summed E-state index contributed by atoms with van der Waals surface area (Å²) in [5.41, 5.74) is 10.0. The minimum Gasteiger partial charge on any atom is -0.398 e. The molecule has 0 aliphatic rings. The van der Waals surface area contributed by atoms with E-state index in [1.807, 2.05) is 30.2 Å². The Labute approximate surface area is 80.8 Å². The summed E-state index contributed by atoms with van der Waals surface area (Å²) in [6.45, 7) is 2.04. The Bertz CT molecular complexity index is 408. The third kappa shape index (κ3) is 1.23. The maximum Gasteiger partial charge on any atom is 0.0737 e. The van der Waals surface area contributed by atoms with E-state index in [-0.39, 0.29) is 0 Å². The van der Waals surface area contributed by atoms with Crippen LogP contribution in [-0.4, -0.2) is 9.78 Å². The van der Waals surface area contributed by atoms with Gasteiger partial charge in [-0.1, -0.05) is 0 Å². The molecule has 0 fully saturated rings. The molecule has 68 valence electrons. The number of aryl methyl sites for hydroxylation is 2. The van der Waals surface area contributed by atoms with Crippen LogP contribution >= 0.6 is 11.3 Å². The smallest absolute Gasteiger partial charge is 0.0737 e. The monoisotopic (exact) mass is 193 g/mol. The number of anilines is 1. The van der Waals surface area contributed by atoms with Crippen molar-refractivity contribution in [3.8, 4) is 11.3 Å². The van der Waals surface area contributed by atoms with Crippen molar-refractivity contribution >= 4 is 17.0 Å². The summed E-state index contributed by atoms with van der Waals surface area (Å²) >= 11 is 1.62. The largest absolute Gasteiger partial charge is 0.398 e. The molecular weight excluding hydrogens is 182 g/mol. The number of nitrogens with two attached hydrogens (primary N) is 1. The number of thiophene rings is 1. The summed E-state index contributed by atoms with van der Waals surface area (Å²) in [5, 5.41) is 8.18. The fourth-order valence-electron chi connectivity index (χ4n) is 1.43. The van der Waals surface area contributed by atoms with Crippen LogP contribution in [0.2, 0.25) is 0 Å². The average molecular weight is 193 g/mol. The lowest BCUT2D eigenvalue weighted by molar-refractivity contribution is 0.776. The summed E-state index contributed by atoms with van der Waals surface area (Å²) in [6, 6.07) is 0. The normalized spacial score (nSPS) is 10.6. The molecule has 0 spiro atoms. The third-order valence-corrected chi connectivity index (χ3v) is 2.83. The van der Waals surface area contributed by atoms with Gasteiger partial charge >= 0.3 is 0 Å². The lowest BCUT2D eigenvalue weighted by atomic mass is 10.1. The van der Waals surface area contributed by atoms with Gasteiger partial charge in [0.25, 0.3) is 0 Å². The Hall–Kier alpha value is -1.29. The van der Waals surface area contributed by atoms with Crippen molar-refractivity contribution in [2.24, 2.45) is 7.05 Å². The molecule has 0 aliphatic heterocycles. The van der Waals surface area contributed by atoms with Crippen LogP contribution < -0.4 is 5.73 Å². The van der Waals surface area contributed by atoms with Crippen molar-refractivity contribution in [1.82, 2.24) is 9.78 Å². The van der Waals surface area contributed by atoms with Gasteiger partial charge in [-0.2, -0.15) is 5.10 Å². The predicted octanol–water partition coefficient (Wildman–Crippen LogP) is 2.04. The lowest BCUT2D eigenvalue weighted by Crippen LogP contribution is -1.95. The lowest BCUT2D eigenvalue weighted by Gasteiger charge is -2.02. The molecule has 13 heavy (non-hydrogen) atoms. The van der Waals surface area contributed by atoms with E-state index in [9.17, 15) is 0 Å². The van der Waals surface area contributed by atoms with E-state index in [2.05, 4.69) is 10.5 Å². The highest BCUT2D eigenvalue weighted by molar-refractivity contribution is 7.08. The molecule has 0 radical (unpaired) electrons. The van der Waals surface area contributed by atoms with Gasteiger partial charge in [0.15, 0.2) is 0 Å². The Morgan fingerprint density at radius 2 is 2.23 bits per heavy atom. The molecular formula is C9H11N3S. The zero-order valence-corrected chi connectivity index (χ0v) is 8.43. The van der Waals surface area contributed by atoms with Crippen LogP contribution in [0.15, 0.2) is 17.0 Å². The second kappa shape index (κ2) is 2.88. The molecule has 2 heterocycles. The first-order valence-electron chi connectivity index (χ1n) is 4.01. The molecule has 2 aromatic heterocycles. The summed E-state index contributed by atoms with van der Waals surface area (Å²) in [6.07, 6.45) is 1.85. The van der Waals surface area contributed by atoms with Crippen molar-refractivity contribution in [2.75, 3.05) is 5.73 Å². The van der Waals surface area contributed by atoms with Crippen molar-refractivity contribution in [3.05, 3.63) is 22.5 Å². The van der Waals surface area contributed by atoms with Gasteiger partial charge in [0, 0.05) is 23.4 Å². The molecule has 2 N–H and O–H groups in total. The van der Waals surface area contributed by atoms with Crippen molar-refractivity contribution in [2.45, 2.75) is 6.92 Å². The summed E-state index contributed by atoms with van der Waals surface area (Å²) in [4.78, 5) is 0. The van der Waals surface area contributed by atoms with Crippen molar-refractivity contribution in [3.63, 3.8) is 0 Å². The van der Waals surface area contributed by atoms with Crippen LogP contribution in [0, 0.1) is 6.92 Å². The zero-order chi connectivity index (χ0) is 9.42. The van der Waals surface area contributed by atoms with Gasteiger partial charge in [-0.3, -0.25) is 4.68 Å². The Balaban J connectivity index is 2.64. The van der Waals surface area contributed by atoms with Gasteiger partial charge in [-0.25, -0.2) is 0 Å². The molecule has 0 saturated carbocycles. The van der Waals surface area contributed by atoms with Crippen LogP contribution in [0.4, 0.5) is 5.69 Å². The summed E-state index contributed by atoms with van der Waals surface area (Å²) in [7, 11) is 1.93. The number of hydrogen-bond donors (Lipinski definition) is 1. The summed E-state index contributed by atoms with van der Waals surface area (Å²) < 4.78 is 1.85. The Morgan fingerprint density at radius 3 is 2.69 bits per heavy atom. The molecule has 0 saturated heterocycles. The van der Waals surface area contributed by atoms with Gasteiger partial charge in [-0.15, -0.1) is 11.3 Å². The molecule has 2 rings (SSSR count). The van der Waals surface area contributed by atoms with E-state index < -0.39 is 0 Å². The van der Waals surface area contributed by atoms with Crippen molar-refractivity contribution in [1.29, 1.82) is 0 Å². The number of hydrogen-bond acceptors (Lipinski definition) is 3. The van der Waals surface area contributed by atoms with Crippen LogP contribution in [-0.2, 0) is 7.05 Å². The minimum atomic E-state index is 0.830. The van der Waals surface area contributed by atoms with Gasteiger partial charge < -0.3 is 5.73 Å². The number of nitrogen functional groups attached to an aromatic ring is 1. The standard InChI is InChI=1S/C9H11N3S/c1-6-3-11-12(2)9(6)7-4-13-5-8(7)10/h3-5H,10H2,1-2H3. The van der Waals surface area contributed by atoms with Crippen LogP contribution in [0.3, 0.4) is 0 Å². The minimum absolute atomic E-state index is 0.830. The van der Waals surface area contributed by atoms with Crippen LogP contribution in [0.25, 0.3) is 11.3 Å². The fraction of sp³-hybridized carbons (Fsp3) is 0.222. The third-order valence-electron chi connectivity index (χ3n) is 2.07. The first-order valence-corrected chi connectivity index (χ1v) is 4.95. The zero-order valence-electron chi connectivity index (χ0n) is 7.61. The van der Waals surface area contributed by atoms with Crippen LogP contribution in [0.5, 0.6) is 0 Å². The highest BCUT2D eigenvalue weighted by Gasteiger charge is 2.10. The van der Waals surface area contributed by atoms with E-state index in [0.717, 1.165) is 22.5 Å². The van der Waals surface area contributed by atoms with E-state index in [1.54, 1.807) is 11.3 Å². The number of nitrogens with zero attached hydrogens (tertiary/aromatic N) is 2. The maximum absolute atomic E-state index is 5.84. The van der Waals surface area contributed by atoms with Gasteiger partial charge in [0.2, 0.25) is 0 Å². The Kier molecular flexibility index (Phi) is 1.84. The molecule has 4 heteroatoms. The van der Waals surface area contributed by atoms with Crippen LogP contribution in [0.1, 0.15) is 5.56 Å². The van der Waals surface area contributed by atoms with Gasteiger partial charge in [0.1, 0.15) is 0 Å². The molecule has 0 unspecified atom stereocenters. The molecule has 3 nitrogen and oxygen atoms in total. The maximum atomic E-state index is 5.84. The quantitative estimate of drug-likeness (QED) is 0.753. The molecule has 0 amide bonds. The first-order chi connectivity index (χ1) is 6.20. The van der Waals surface area contributed by atoms with E-state index >= 15 is 0 Å². The first kappa shape index (κ1) is 8.31. The molecule has 0 bridgehead atoms. The highest BCUT2D eigenvalue weighted by atomic mass is 32.1. The molecule has 2 aromatic rings.